The summed E-state index contributed by atoms with van der Waals surface area (Å²) in [5, 5.41) is 19.4. The number of aliphatic hydroxyl groups excluding tert-OH is 1. The van der Waals surface area contributed by atoms with E-state index < -0.39 is 28.0 Å². The van der Waals surface area contributed by atoms with Crippen LogP contribution in [0.5, 0.6) is 5.75 Å². The lowest BCUT2D eigenvalue weighted by Crippen LogP contribution is -2.20. The molecule has 3 unspecified atom stereocenters. The molecule has 2 aliphatic rings. The van der Waals surface area contributed by atoms with Crippen LogP contribution in [0.25, 0.3) is 0 Å². The highest BCUT2D eigenvalue weighted by atomic mass is 35.5. The zero-order chi connectivity index (χ0) is 17.4. The van der Waals surface area contributed by atoms with Crippen molar-refractivity contribution in [3.05, 3.63) is 63.0 Å². The largest absolute Gasteiger partial charge is 0.461 e. The molecule has 1 N–H and O–H groups in total. The number of nitriles is 1. The number of hydrogen-bond donors (Lipinski definition) is 1. The minimum absolute atomic E-state index is 0.112. The number of benzene rings is 1. The first kappa shape index (κ1) is 16.9. The van der Waals surface area contributed by atoms with Gasteiger partial charge in [-0.05, 0) is 31.2 Å². The van der Waals surface area contributed by atoms with Crippen LogP contribution in [0.4, 0.5) is 4.39 Å². The number of ether oxygens (including phenoxy) is 1. The average Bonchev–Trinajstić information content (AvgIpc) is 2.67. The molecule has 0 saturated carbocycles. The molecule has 0 bridgehead atoms. The van der Waals surface area contributed by atoms with E-state index in [9.17, 15) is 19.0 Å². The van der Waals surface area contributed by atoms with Gasteiger partial charge in [-0.15, -0.1) is 0 Å². The maximum absolute atomic E-state index is 13.4. The van der Waals surface area contributed by atoms with E-state index in [1.807, 2.05) is 6.07 Å². The van der Waals surface area contributed by atoms with Crippen LogP contribution < -0.4 is 4.74 Å². The summed E-state index contributed by atoms with van der Waals surface area (Å²) in [6.45, 7) is 1.67. The normalized spacial score (nSPS) is 26.2. The number of aliphatic hydroxyl groups is 1. The van der Waals surface area contributed by atoms with E-state index in [-0.39, 0.29) is 22.8 Å². The van der Waals surface area contributed by atoms with Crippen molar-refractivity contribution in [3.8, 4) is 11.8 Å². The highest BCUT2D eigenvalue weighted by Crippen LogP contribution is 2.38. The summed E-state index contributed by atoms with van der Waals surface area (Å²) >= 11 is 5.80. The van der Waals surface area contributed by atoms with Gasteiger partial charge in [0.1, 0.15) is 17.3 Å². The molecule has 0 amide bonds. The molecular weight excluding hydrogens is 353 g/mol. The van der Waals surface area contributed by atoms with E-state index in [4.69, 9.17) is 16.3 Å². The van der Waals surface area contributed by atoms with Crippen molar-refractivity contribution < 1.29 is 18.4 Å². The number of hydrogen-bond acceptors (Lipinski definition) is 4. The fourth-order valence-corrected chi connectivity index (χ4v) is 4.34. The first-order valence-corrected chi connectivity index (χ1v) is 8.76. The Labute approximate surface area is 146 Å². The Kier molecular flexibility index (Phi) is 4.59. The molecule has 24 heavy (non-hydrogen) atoms. The van der Waals surface area contributed by atoms with E-state index in [1.165, 1.54) is 12.1 Å². The molecule has 0 aromatic heterocycles. The van der Waals surface area contributed by atoms with Crippen molar-refractivity contribution in [2.24, 2.45) is 0 Å². The highest BCUT2D eigenvalue weighted by Gasteiger charge is 2.40. The minimum atomic E-state index is -1.40. The summed E-state index contributed by atoms with van der Waals surface area (Å²) < 4.78 is 31.3. The Hall–Kier alpha value is -1.94. The maximum Gasteiger partial charge on any atom is 0.131 e. The van der Waals surface area contributed by atoms with Crippen molar-refractivity contribution in [3.63, 3.8) is 0 Å². The van der Waals surface area contributed by atoms with Crippen molar-refractivity contribution in [2.75, 3.05) is 0 Å². The van der Waals surface area contributed by atoms with Crippen LogP contribution in [-0.4, -0.2) is 20.7 Å². The number of halogens is 2. The van der Waals surface area contributed by atoms with Crippen molar-refractivity contribution in [2.45, 2.75) is 24.7 Å². The first-order chi connectivity index (χ1) is 11.4. The zero-order valence-electron chi connectivity index (χ0n) is 12.6. The molecule has 1 aliphatic carbocycles. The van der Waals surface area contributed by atoms with Crippen LogP contribution >= 0.6 is 11.6 Å². The van der Waals surface area contributed by atoms with Crippen LogP contribution in [-0.2, 0) is 10.8 Å². The Balaban J connectivity index is 1.98. The molecule has 1 fully saturated rings. The summed E-state index contributed by atoms with van der Waals surface area (Å²) in [4.78, 5) is 0.433. The van der Waals surface area contributed by atoms with Gasteiger partial charge < -0.3 is 9.84 Å². The summed E-state index contributed by atoms with van der Waals surface area (Å²) in [5.74, 6) is 0.0414. The van der Waals surface area contributed by atoms with E-state index in [0.29, 0.717) is 16.2 Å². The third-order valence-electron chi connectivity index (χ3n) is 3.88. The predicted molar refractivity (Wildman–Crippen MR) is 89.1 cm³/mol. The van der Waals surface area contributed by atoms with Crippen LogP contribution in [0.2, 0.25) is 5.02 Å². The van der Waals surface area contributed by atoms with Crippen LogP contribution in [0.1, 0.15) is 13.3 Å². The van der Waals surface area contributed by atoms with Gasteiger partial charge in [0.15, 0.2) is 0 Å². The third kappa shape index (κ3) is 3.03. The Morgan fingerprint density at radius 2 is 2.17 bits per heavy atom. The first-order valence-electron chi connectivity index (χ1n) is 7.17. The number of allylic oxidation sites excluding steroid dienone is 3. The smallest absolute Gasteiger partial charge is 0.131 e. The lowest BCUT2D eigenvalue weighted by atomic mass is 10.00. The fourth-order valence-electron chi connectivity index (χ4n) is 2.70. The van der Waals surface area contributed by atoms with E-state index in [1.54, 1.807) is 19.1 Å². The van der Waals surface area contributed by atoms with Crippen molar-refractivity contribution >= 4 is 22.4 Å². The van der Waals surface area contributed by atoms with Gasteiger partial charge in [-0.3, -0.25) is 4.21 Å². The molecule has 1 aliphatic heterocycles. The second-order valence-electron chi connectivity index (χ2n) is 5.50. The van der Waals surface area contributed by atoms with Crippen molar-refractivity contribution in [1.82, 2.24) is 0 Å². The van der Waals surface area contributed by atoms with Gasteiger partial charge >= 0.3 is 0 Å². The molecule has 3 rings (SSSR count). The summed E-state index contributed by atoms with van der Waals surface area (Å²) in [6.07, 6.45) is 2.32. The van der Waals surface area contributed by atoms with Gasteiger partial charge in [0.25, 0.3) is 0 Å². The van der Waals surface area contributed by atoms with Gasteiger partial charge in [-0.1, -0.05) is 11.6 Å². The summed E-state index contributed by atoms with van der Waals surface area (Å²) in [5.41, 5.74) is 0.688. The van der Waals surface area contributed by atoms with Gasteiger partial charge in [-0.25, -0.2) is 4.39 Å². The Morgan fingerprint density at radius 3 is 2.83 bits per heavy atom. The maximum atomic E-state index is 13.4. The Morgan fingerprint density at radius 1 is 1.42 bits per heavy atom. The van der Waals surface area contributed by atoms with Crippen LogP contribution in [0.15, 0.2) is 52.2 Å². The SMILES string of the molecule is CC1C(O)C2=C(C#N)CC(Oc3cc(F)cc(Cl)c3)=CC=C2S1=O. The fraction of sp³-hybridized carbons (Fsp3) is 0.235. The minimum Gasteiger partial charge on any atom is -0.461 e. The zero-order valence-corrected chi connectivity index (χ0v) is 14.2. The Bertz CT molecular complexity index is 849. The molecule has 1 saturated heterocycles. The molecule has 0 radical (unpaired) electrons. The van der Waals surface area contributed by atoms with Crippen molar-refractivity contribution in [1.29, 1.82) is 5.26 Å². The average molecular weight is 366 g/mol. The summed E-state index contributed by atoms with van der Waals surface area (Å²) in [6, 6.07) is 5.84. The molecule has 1 aromatic rings. The second-order valence-corrected chi connectivity index (χ2v) is 7.71. The van der Waals surface area contributed by atoms with E-state index in [0.717, 1.165) is 6.07 Å². The van der Waals surface area contributed by atoms with Gasteiger partial charge in [-0.2, -0.15) is 5.26 Å². The molecule has 0 spiro atoms. The molecular formula is C17H13ClFNO3S. The second kappa shape index (κ2) is 6.52. The molecule has 1 heterocycles. The molecule has 3 atom stereocenters. The van der Waals surface area contributed by atoms with Gasteiger partial charge in [0.05, 0.1) is 28.2 Å². The number of rotatable bonds is 2. The number of fused-ring (bicyclic) bond motifs is 1. The quantitative estimate of drug-likeness (QED) is 0.872. The molecule has 7 heteroatoms. The van der Waals surface area contributed by atoms with Gasteiger partial charge in [0, 0.05) is 33.6 Å². The standard InChI is InChI=1S/C17H13ClFNO3S/c1-9-17(21)16-10(8-20)4-13(2-3-15(16)24(9)22)23-14-6-11(18)5-12(19)7-14/h2-3,5-7,9,17,21H,4H2,1H3. The summed E-state index contributed by atoms with van der Waals surface area (Å²) in [7, 11) is -1.40. The lowest BCUT2D eigenvalue weighted by molar-refractivity contribution is 0.217. The third-order valence-corrected chi connectivity index (χ3v) is 5.82. The van der Waals surface area contributed by atoms with E-state index in [2.05, 4.69) is 0 Å². The van der Waals surface area contributed by atoms with Crippen LogP contribution in [0.3, 0.4) is 0 Å². The monoisotopic (exact) mass is 365 g/mol. The van der Waals surface area contributed by atoms with Gasteiger partial charge in [0.2, 0.25) is 0 Å². The van der Waals surface area contributed by atoms with E-state index >= 15 is 0 Å². The molecule has 1 aromatic carbocycles. The van der Waals surface area contributed by atoms with Crippen LogP contribution in [0, 0.1) is 17.1 Å². The number of nitrogens with zero attached hydrogens (tertiary/aromatic N) is 1. The topological polar surface area (TPSA) is 70.3 Å². The highest BCUT2D eigenvalue weighted by molar-refractivity contribution is 7.90. The predicted octanol–water partition coefficient (Wildman–Crippen LogP) is 3.36. The lowest BCUT2D eigenvalue weighted by Gasteiger charge is -2.12. The molecule has 4 nitrogen and oxygen atoms in total. The molecule has 124 valence electrons.